The Morgan fingerprint density at radius 1 is 1.12 bits per heavy atom. The van der Waals surface area contributed by atoms with Gasteiger partial charge in [-0.3, -0.25) is 0 Å². The Balaban J connectivity index is 2.09. The summed E-state index contributed by atoms with van der Waals surface area (Å²) in [6.45, 7) is 6.79. The van der Waals surface area contributed by atoms with Gasteiger partial charge in [0.25, 0.3) is 0 Å². The van der Waals surface area contributed by atoms with E-state index in [9.17, 15) is 0 Å². The molecule has 0 aromatic heterocycles. The van der Waals surface area contributed by atoms with E-state index >= 15 is 0 Å². The molecule has 3 heteroatoms. The van der Waals surface area contributed by atoms with Gasteiger partial charge in [0.15, 0.2) is 11.5 Å². The number of hydrogen-bond donors (Lipinski definition) is 0. The molecule has 2 heterocycles. The summed E-state index contributed by atoms with van der Waals surface area (Å²) in [5.41, 5.74) is 1.13. The monoisotopic (exact) mass is 220 g/mol. The van der Waals surface area contributed by atoms with E-state index in [2.05, 4.69) is 26.8 Å². The number of rotatable bonds is 0. The minimum absolute atomic E-state index is 0.0971. The van der Waals surface area contributed by atoms with Crippen LogP contribution in [0.2, 0.25) is 0 Å². The lowest BCUT2D eigenvalue weighted by Crippen LogP contribution is -2.34. The highest BCUT2D eigenvalue weighted by molar-refractivity contribution is 5.53. The van der Waals surface area contributed by atoms with Crippen molar-refractivity contribution in [1.82, 2.24) is 0 Å². The Kier molecular flexibility index (Phi) is 1.88. The highest BCUT2D eigenvalue weighted by Gasteiger charge is 2.33. The van der Waals surface area contributed by atoms with Crippen molar-refractivity contribution in [2.45, 2.75) is 38.7 Å². The summed E-state index contributed by atoms with van der Waals surface area (Å²) in [4.78, 5) is 0. The van der Waals surface area contributed by atoms with Crippen LogP contribution in [0.4, 0.5) is 0 Å². The van der Waals surface area contributed by atoms with Gasteiger partial charge in [0.1, 0.15) is 11.4 Å². The molecule has 86 valence electrons. The molecule has 1 aromatic rings. The second-order valence-electron chi connectivity index (χ2n) is 5.21. The maximum absolute atomic E-state index is 5.98. The van der Waals surface area contributed by atoms with E-state index in [0.717, 1.165) is 23.7 Å². The van der Waals surface area contributed by atoms with Crippen molar-refractivity contribution in [3.8, 4) is 17.2 Å². The summed E-state index contributed by atoms with van der Waals surface area (Å²) >= 11 is 0. The zero-order valence-electron chi connectivity index (χ0n) is 9.87. The molecule has 1 atom stereocenters. The van der Waals surface area contributed by atoms with Crippen molar-refractivity contribution in [3.05, 3.63) is 17.7 Å². The fourth-order valence-corrected chi connectivity index (χ4v) is 2.60. The van der Waals surface area contributed by atoms with Crippen LogP contribution >= 0.6 is 0 Å². The molecule has 0 aliphatic carbocycles. The highest BCUT2D eigenvalue weighted by Crippen LogP contribution is 2.46. The van der Waals surface area contributed by atoms with Crippen LogP contribution in [0, 0.1) is 0 Å². The number of benzene rings is 1. The molecule has 1 unspecified atom stereocenters. The van der Waals surface area contributed by atoms with E-state index < -0.39 is 0 Å². The quantitative estimate of drug-likeness (QED) is 0.672. The molecule has 0 saturated heterocycles. The first-order chi connectivity index (χ1) is 7.55. The van der Waals surface area contributed by atoms with Gasteiger partial charge in [-0.05, 0) is 32.3 Å². The summed E-state index contributed by atoms with van der Waals surface area (Å²) in [5, 5.41) is 0. The van der Waals surface area contributed by atoms with Crippen molar-refractivity contribution in [1.29, 1.82) is 0 Å². The average molecular weight is 220 g/mol. The normalized spacial score (nSPS) is 24.8. The predicted molar refractivity (Wildman–Crippen MR) is 60.3 cm³/mol. The minimum atomic E-state index is -0.0971. The van der Waals surface area contributed by atoms with Gasteiger partial charge < -0.3 is 14.2 Å². The topological polar surface area (TPSA) is 27.7 Å². The van der Waals surface area contributed by atoms with Crippen molar-refractivity contribution in [2.24, 2.45) is 0 Å². The second kappa shape index (κ2) is 3.06. The number of hydrogen-bond acceptors (Lipinski definition) is 3. The molecule has 0 amide bonds. The lowest BCUT2D eigenvalue weighted by molar-refractivity contribution is 0.0744. The SMILES string of the molecule is CC1CC(C)(C)Oc2cc3c(cc21)OCO3. The lowest BCUT2D eigenvalue weighted by Gasteiger charge is -2.36. The molecule has 0 spiro atoms. The van der Waals surface area contributed by atoms with Gasteiger partial charge in [-0.15, -0.1) is 0 Å². The largest absolute Gasteiger partial charge is 0.487 e. The molecule has 0 bridgehead atoms. The van der Waals surface area contributed by atoms with Crippen molar-refractivity contribution < 1.29 is 14.2 Å². The Morgan fingerprint density at radius 3 is 2.56 bits per heavy atom. The zero-order valence-corrected chi connectivity index (χ0v) is 9.87. The maximum atomic E-state index is 5.98. The van der Waals surface area contributed by atoms with Crippen LogP contribution in [-0.4, -0.2) is 12.4 Å². The van der Waals surface area contributed by atoms with Crippen molar-refractivity contribution in [2.75, 3.05) is 6.79 Å². The Labute approximate surface area is 95.3 Å². The van der Waals surface area contributed by atoms with E-state index in [1.54, 1.807) is 0 Å². The molecule has 3 nitrogen and oxygen atoms in total. The molecule has 0 saturated carbocycles. The van der Waals surface area contributed by atoms with E-state index in [0.29, 0.717) is 12.7 Å². The Bertz CT molecular complexity index is 437. The van der Waals surface area contributed by atoms with Crippen LogP contribution < -0.4 is 14.2 Å². The van der Waals surface area contributed by atoms with Gasteiger partial charge in [0, 0.05) is 11.6 Å². The molecular weight excluding hydrogens is 204 g/mol. The molecule has 0 radical (unpaired) electrons. The number of fused-ring (bicyclic) bond motifs is 2. The third-order valence-electron chi connectivity index (χ3n) is 3.22. The smallest absolute Gasteiger partial charge is 0.231 e. The van der Waals surface area contributed by atoms with Gasteiger partial charge >= 0.3 is 0 Å². The minimum Gasteiger partial charge on any atom is -0.487 e. The maximum Gasteiger partial charge on any atom is 0.231 e. The molecule has 3 rings (SSSR count). The van der Waals surface area contributed by atoms with E-state index in [1.807, 2.05) is 6.07 Å². The second-order valence-corrected chi connectivity index (χ2v) is 5.21. The summed E-state index contributed by atoms with van der Waals surface area (Å²) < 4.78 is 16.7. The molecule has 2 aliphatic heterocycles. The molecular formula is C13H16O3. The van der Waals surface area contributed by atoms with Gasteiger partial charge in [-0.25, -0.2) is 0 Å². The Hall–Kier alpha value is -1.38. The summed E-state index contributed by atoms with van der Waals surface area (Å²) in [6, 6.07) is 4.01. The zero-order chi connectivity index (χ0) is 11.3. The lowest BCUT2D eigenvalue weighted by atomic mass is 9.85. The van der Waals surface area contributed by atoms with Crippen molar-refractivity contribution >= 4 is 0 Å². The van der Waals surface area contributed by atoms with Gasteiger partial charge in [-0.2, -0.15) is 0 Å². The summed E-state index contributed by atoms with van der Waals surface area (Å²) in [7, 11) is 0. The van der Waals surface area contributed by atoms with Crippen LogP contribution in [0.15, 0.2) is 12.1 Å². The highest BCUT2D eigenvalue weighted by atomic mass is 16.7. The molecule has 0 N–H and O–H groups in total. The molecule has 2 aliphatic rings. The van der Waals surface area contributed by atoms with Gasteiger partial charge in [0.2, 0.25) is 6.79 Å². The van der Waals surface area contributed by atoms with Gasteiger partial charge in [-0.1, -0.05) is 6.92 Å². The van der Waals surface area contributed by atoms with Crippen LogP contribution in [0.3, 0.4) is 0 Å². The first-order valence-corrected chi connectivity index (χ1v) is 5.68. The fraction of sp³-hybridized carbons (Fsp3) is 0.538. The standard InChI is InChI=1S/C13H16O3/c1-8-6-13(2,3)16-10-5-12-11(4-9(8)10)14-7-15-12/h4-5,8H,6-7H2,1-3H3. The molecule has 1 aromatic carbocycles. The summed E-state index contributed by atoms with van der Waals surface area (Å²) in [6.07, 6.45) is 1.03. The van der Waals surface area contributed by atoms with Crippen LogP contribution in [0.5, 0.6) is 17.2 Å². The average Bonchev–Trinajstić information content (AvgIpc) is 2.60. The van der Waals surface area contributed by atoms with Crippen LogP contribution in [-0.2, 0) is 0 Å². The van der Waals surface area contributed by atoms with Crippen LogP contribution in [0.25, 0.3) is 0 Å². The Morgan fingerprint density at radius 2 is 1.81 bits per heavy atom. The van der Waals surface area contributed by atoms with Crippen molar-refractivity contribution in [3.63, 3.8) is 0 Å². The fourth-order valence-electron chi connectivity index (χ4n) is 2.60. The van der Waals surface area contributed by atoms with E-state index in [-0.39, 0.29) is 5.60 Å². The molecule has 16 heavy (non-hydrogen) atoms. The summed E-state index contributed by atoms with van der Waals surface area (Å²) in [5.74, 6) is 3.07. The third kappa shape index (κ3) is 1.42. The first-order valence-electron chi connectivity index (χ1n) is 5.68. The predicted octanol–water partition coefficient (Wildman–Crippen LogP) is 3.08. The van der Waals surface area contributed by atoms with E-state index in [4.69, 9.17) is 14.2 Å². The van der Waals surface area contributed by atoms with Crippen LogP contribution in [0.1, 0.15) is 38.7 Å². The first kappa shape index (κ1) is 9.82. The molecule has 0 fully saturated rings. The number of ether oxygens (including phenoxy) is 3. The van der Waals surface area contributed by atoms with E-state index in [1.165, 1.54) is 5.56 Å². The third-order valence-corrected chi connectivity index (χ3v) is 3.22. The van der Waals surface area contributed by atoms with Gasteiger partial charge in [0.05, 0.1) is 0 Å².